The first-order valence-electron chi connectivity index (χ1n) is 13.3. The van der Waals surface area contributed by atoms with Crippen molar-refractivity contribution in [1.29, 1.82) is 0 Å². The number of nitrogens with zero attached hydrogens (tertiary/aromatic N) is 7. The normalized spacial score (nSPS) is 12.6. The van der Waals surface area contributed by atoms with Crippen LogP contribution >= 0.6 is 0 Å². The van der Waals surface area contributed by atoms with E-state index in [1.54, 1.807) is 54.7 Å². The van der Waals surface area contributed by atoms with Gasteiger partial charge >= 0.3 is 6.01 Å². The zero-order valence-electron chi connectivity index (χ0n) is 23.8. The summed E-state index contributed by atoms with van der Waals surface area (Å²) in [6.07, 6.45) is 5.91. The molecule has 0 unspecified atom stereocenters. The Bertz CT molecular complexity index is 1900. The highest BCUT2D eigenvalue weighted by Gasteiger charge is 2.32. The van der Waals surface area contributed by atoms with E-state index >= 15 is 4.39 Å². The predicted molar refractivity (Wildman–Crippen MR) is 156 cm³/mol. The minimum atomic E-state index is -0.573. The zero-order chi connectivity index (χ0) is 30.6. The monoisotopic (exact) mass is 596 g/mol. The Balaban J connectivity index is 1.17. The molecule has 0 atom stereocenters. The molecule has 1 amide bonds. The molecule has 1 aliphatic heterocycles. The van der Waals surface area contributed by atoms with Gasteiger partial charge in [-0.3, -0.25) is 4.79 Å². The van der Waals surface area contributed by atoms with Crippen LogP contribution in [-0.4, -0.2) is 73.9 Å². The van der Waals surface area contributed by atoms with E-state index in [-0.39, 0.29) is 35.3 Å². The lowest BCUT2D eigenvalue weighted by Crippen LogP contribution is -2.55. The summed E-state index contributed by atoms with van der Waals surface area (Å²) in [7, 11) is 3.01. The number of carbonyl (C=O) groups excluding carboxylic acids is 1. The molecule has 0 saturated carbocycles. The smallest absolute Gasteiger partial charge is 0.316 e. The van der Waals surface area contributed by atoms with Crippen molar-refractivity contribution in [3.8, 4) is 46.7 Å². The van der Waals surface area contributed by atoms with E-state index in [2.05, 4.69) is 42.2 Å². The van der Waals surface area contributed by atoms with Gasteiger partial charge in [-0.25, -0.2) is 29.0 Å². The first kappa shape index (κ1) is 28.2. The van der Waals surface area contributed by atoms with E-state index in [1.165, 1.54) is 37.4 Å². The summed E-state index contributed by atoms with van der Waals surface area (Å²) in [6, 6.07) is 9.70. The van der Waals surface area contributed by atoms with Crippen LogP contribution in [0.3, 0.4) is 0 Å². The molecule has 222 valence electrons. The number of aromatic nitrogens is 6. The molecule has 0 bridgehead atoms. The molecule has 0 spiro atoms. The number of fused-ring (bicyclic) bond motifs is 1. The number of halogens is 1. The van der Waals surface area contributed by atoms with Gasteiger partial charge in [0, 0.05) is 29.8 Å². The lowest BCUT2D eigenvalue weighted by atomic mass is 10.1. The number of anilines is 2. The van der Waals surface area contributed by atoms with Gasteiger partial charge in [-0.1, -0.05) is 5.92 Å². The fourth-order valence-corrected chi connectivity index (χ4v) is 4.41. The summed E-state index contributed by atoms with van der Waals surface area (Å²) in [5.41, 5.74) is 1.33. The Kier molecular flexibility index (Phi) is 7.75. The molecular weight excluding hydrogens is 571 g/mol. The third-order valence-corrected chi connectivity index (χ3v) is 6.62. The third-order valence-electron chi connectivity index (χ3n) is 6.62. The van der Waals surface area contributed by atoms with Crippen LogP contribution in [0, 0.1) is 17.7 Å². The van der Waals surface area contributed by atoms with Crippen molar-refractivity contribution in [1.82, 2.24) is 34.6 Å². The van der Waals surface area contributed by atoms with E-state index in [0.717, 1.165) is 0 Å². The second-order valence-corrected chi connectivity index (χ2v) is 9.46. The lowest BCUT2D eigenvalue weighted by Gasteiger charge is -2.37. The molecular formula is C30H25FN8O5. The Hall–Kier alpha value is -5.97. The highest BCUT2D eigenvalue weighted by atomic mass is 19.1. The minimum absolute atomic E-state index is 0.168. The summed E-state index contributed by atoms with van der Waals surface area (Å²) >= 11 is 0. The number of rotatable bonds is 9. The van der Waals surface area contributed by atoms with E-state index < -0.39 is 5.82 Å². The van der Waals surface area contributed by atoms with E-state index in [0.29, 0.717) is 47.0 Å². The number of amides is 1. The standard InChI is InChI=1S/C30H25FN8O5/c1-4-5-28(40)38-15-20(16-38)43-26-11-21-24(12-25(26)41-2)34-17-35-29(21)36-23-7-6-19(10-22(23)31)44-27-8-9-39(37-27)18-13-32-30(42-3)33-14-18/h6-14,17,20H,15-16H2,1-3H3,(H,34,35,36). The number of methoxy groups -OCH3 is 2. The number of hydrogen-bond acceptors (Lipinski definition) is 11. The molecule has 6 rings (SSSR count). The Morgan fingerprint density at radius 2 is 1.84 bits per heavy atom. The lowest BCUT2D eigenvalue weighted by molar-refractivity contribution is -0.133. The van der Waals surface area contributed by atoms with Crippen LogP contribution in [0.4, 0.5) is 15.9 Å². The van der Waals surface area contributed by atoms with Crippen molar-refractivity contribution in [2.75, 3.05) is 32.6 Å². The van der Waals surface area contributed by atoms with Crippen LogP contribution in [0.1, 0.15) is 6.92 Å². The van der Waals surface area contributed by atoms with Gasteiger partial charge in [0.25, 0.3) is 5.91 Å². The Morgan fingerprint density at radius 3 is 2.57 bits per heavy atom. The predicted octanol–water partition coefficient (Wildman–Crippen LogP) is 3.91. The fourth-order valence-electron chi connectivity index (χ4n) is 4.41. The van der Waals surface area contributed by atoms with Crippen LogP contribution in [0.5, 0.6) is 29.1 Å². The van der Waals surface area contributed by atoms with Gasteiger partial charge in [-0.05, 0) is 31.0 Å². The van der Waals surface area contributed by atoms with Gasteiger partial charge < -0.3 is 29.2 Å². The molecule has 4 heterocycles. The maximum atomic E-state index is 15.2. The summed E-state index contributed by atoms with van der Waals surface area (Å²) in [6.45, 7) is 2.42. The van der Waals surface area contributed by atoms with Crippen molar-refractivity contribution in [3.63, 3.8) is 0 Å². The quantitative estimate of drug-likeness (QED) is 0.248. The van der Waals surface area contributed by atoms with Gasteiger partial charge in [-0.15, -0.1) is 5.10 Å². The maximum Gasteiger partial charge on any atom is 0.316 e. The molecule has 13 nitrogen and oxygen atoms in total. The maximum absolute atomic E-state index is 15.2. The van der Waals surface area contributed by atoms with E-state index in [1.807, 2.05) is 0 Å². The molecule has 1 fully saturated rings. The minimum Gasteiger partial charge on any atom is -0.493 e. The van der Waals surface area contributed by atoms with E-state index in [4.69, 9.17) is 18.9 Å². The van der Waals surface area contributed by atoms with Crippen molar-refractivity contribution >= 4 is 28.3 Å². The molecule has 3 aromatic heterocycles. The Morgan fingerprint density at radius 1 is 1.02 bits per heavy atom. The fraction of sp³-hybridized carbons (Fsp3) is 0.200. The number of likely N-dealkylation sites (tertiary alicyclic amines) is 1. The van der Waals surface area contributed by atoms with Crippen LogP contribution in [-0.2, 0) is 4.79 Å². The molecule has 44 heavy (non-hydrogen) atoms. The number of hydrogen-bond donors (Lipinski definition) is 1. The first-order chi connectivity index (χ1) is 21.4. The second kappa shape index (κ2) is 12.1. The summed E-state index contributed by atoms with van der Waals surface area (Å²) in [5.74, 6) is 6.08. The van der Waals surface area contributed by atoms with Gasteiger partial charge in [0.2, 0.25) is 5.88 Å². The van der Waals surface area contributed by atoms with Crippen molar-refractivity contribution < 1.29 is 28.1 Å². The van der Waals surface area contributed by atoms with Gasteiger partial charge in [0.1, 0.15) is 35.5 Å². The van der Waals surface area contributed by atoms with Crippen LogP contribution in [0.2, 0.25) is 0 Å². The second-order valence-electron chi connectivity index (χ2n) is 9.46. The number of benzene rings is 2. The molecule has 1 N–H and O–H groups in total. The third kappa shape index (κ3) is 5.84. The number of nitrogens with one attached hydrogen (secondary N) is 1. The average molecular weight is 597 g/mol. The topological polar surface area (TPSA) is 139 Å². The van der Waals surface area contributed by atoms with E-state index in [9.17, 15) is 4.79 Å². The summed E-state index contributed by atoms with van der Waals surface area (Å²) in [5, 5.41) is 7.95. The zero-order valence-corrected chi connectivity index (χ0v) is 23.8. The van der Waals surface area contributed by atoms with Gasteiger partial charge in [0.05, 0.1) is 50.9 Å². The van der Waals surface area contributed by atoms with Gasteiger partial charge in [0.15, 0.2) is 11.5 Å². The summed E-state index contributed by atoms with van der Waals surface area (Å²) in [4.78, 5) is 30.3. The largest absolute Gasteiger partial charge is 0.493 e. The van der Waals surface area contributed by atoms with Crippen molar-refractivity contribution in [2.45, 2.75) is 13.0 Å². The molecule has 0 aliphatic carbocycles. The highest BCUT2D eigenvalue weighted by Crippen LogP contribution is 2.36. The Labute approximate surface area is 250 Å². The molecule has 1 aliphatic rings. The van der Waals surface area contributed by atoms with Crippen molar-refractivity contribution in [2.24, 2.45) is 0 Å². The van der Waals surface area contributed by atoms with Crippen LogP contribution in [0.25, 0.3) is 16.6 Å². The number of carbonyl (C=O) groups is 1. The molecule has 2 aromatic carbocycles. The first-order valence-corrected chi connectivity index (χ1v) is 13.3. The van der Waals surface area contributed by atoms with Crippen molar-refractivity contribution in [3.05, 3.63) is 67.1 Å². The SMILES string of the molecule is CC#CC(=O)N1CC(Oc2cc3c(Nc4ccc(Oc5ccn(-c6cnc(OC)nc6)n5)cc4F)ncnc3cc2OC)C1. The summed E-state index contributed by atoms with van der Waals surface area (Å²) < 4.78 is 39.1. The molecule has 5 aromatic rings. The molecule has 0 radical (unpaired) electrons. The van der Waals surface area contributed by atoms with Crippen LogP contribution < -0.4 is 24.3 Å². The van der Waals surface area contributed by atoms with Crippen LogP contribution in [0.15, 0.2) is 61.3 Å². The van der Waals surface area contributed by atoms with Gasteiger partial charge in [-0.2, -0.15) is 0 Å². The molecule has 1 saturated heterocycles. The number of ether oxygens (including phenoxy) is 4. The highest BCUT2D eigenvalue weighted by molar-refractivity contribution is 5.94. The molecule has 14 heteroatoms. The average Bonchev–Trinajstić information content (AvgIpc) is 3.48.